The molecule has 1 aromatic carbocycles. The van der Waals surface area contributed by atoms with E-state index in [0.717, 1.165) is 5.56 Å². The van der Waals surface area contributed by atoms with Gasteiger partial charge >= 0.3 is 0 Å². The number of amidine groups is 1. The zero-order valence-corrected chi connectivity index (χ0v) is 12.0. The van der Waals surface area contributed by atoms with E-state index in [1.54, 1.807) is 25.1 Å². The summed E-state index contributed by atoms with van der Waals surface area (Å²) < 4.78 is 0. The lowest BCUT2D eigenvalue weighted by Gasteiger charge is -2.28. The molecule has 104 valence electrons. The van der Waals surface area contributed by atoms with Crippen LogP contribution >= 0.6 is 11.6 Å². The second-order valence-electron chi connectivity index (χ2n) is 4.58. The molecule has 19 heavy (non-hydrogen) atoms. The van der Waals surface area contributed by atoms with Crippen molar-refractivity contribution >= 4 is 23.3 Å². The summed E-state index contributed by atoms with van der Waals surface area (Å²) in [5.41, 5.74) is 5.99. The van der Waals surface area contributed by atoms with Crippen molar-refractivity contribution in [3.05, 3.63) is 34.3 Å². The molecule has 1 aromatic rings. The van der Waals surface area contributed by atoms with Gasteiger partial charge in [-0.05, 0) is 38.0 Å². The predicted octanol–water partition coefficient (Wildman–Crippen LogP) is 2.29. The van der Waals surface area contributed by atoms with Crippen molar-refractivity contribution in [2.45, 2.75) is 32.7 Å². The molecule has 0 aliphatic carbocycles. The topological polar surface area (TPSA) is 87.7 Å². The van der Waals surface area contributed by atoms with E-state index in [2.05, 4.69) is 10.5 Å². The number of amides is 1. The van der Waals surface area contributed by atoms with Crippen LogP contribution in [-0.4, -0.2) is 22.5 Å². The van der Waals surface area contributed by atoms with Gasteiger partial charge in [0.15, 0.2) is 5.84 Å². The van der Waals surface area contributed by atoms with Crippen molar-refractivity contribution < 1.29 is 10.0 Å². The first-order chi connectivity index (χ1) is 8.84. The Labute approximate surface area is 117 Å². The standard InChI is InChI=1S/C13H18ClN3O2/c1-4-13(3,12(15)17-19)16-11(18)10-7-9(14)6-5-8(10)2/h5-7,19H,4H2,1-3H3,(H2,15,17)(H,16,18). The molecule has 0 aliphatic rings. The van der Waals surface area contributed by atoms with Crippen molar-refractivity contribution in [1.29, 1.82) is 0 Å². The summed E-state index contributed by atoms with van der Waals surface area (Å²) in [7, 11) is 0. The third-order valence-corrected chi connectivity index (χ3v) is 3.45. The van der Waals surface area contributed by atoms with E-state index < -0.39 is 5.54 Å². The van der Waals surface area contributed by atoms with Crippen molar-refractivity contribution in [2.75, 3.05) is 0 Å². The van der Waals surface area contributed by atoms with Crippen LogP contribution in [0.5, 0.6) is 0 Å². The Balaban J connectivity index is 3.05. The first-order valence-electron chi connectivity index (χ1n) is 5.90. The highest BCUT2D eigenvalue weighted by Crippen LogP contribution is 2.17. The molecule has 0 heterocycles. The summed E-state index contributed by atoms with van der Waals surface area (Å²) in [6, 6.07) is 5.08. The van der Waals surface area contributed by atoms with Crippen LogP contribution in [0, 0.1) is 6.92 Å². The number of halogens is 1. The molecule has 4 N–H and O–H groups in total. The Hall–Kier alpha value is -1.75. The summed E-state index contributed by atoms with van der Waals surface area (Å²) >= 11 is 5.89. The Kier molecular flexibility index (Phi) is 4.78. The molecular formula is C13H18ClN3O2. The minimum Gasteiger partial charge on any atom is -0.409 e. The Morgan fingerprint density at radius 2 is 2.21 bits per heavy atom. The molecule has 0 saturated heterocycles. The molecule has 0 spiro atoms. The number of hydrogen-bond acceptors (Lipinski definition) is 3. The van der Waals surface area contributed by atoms with E-state index >= 15 is 0 Å². The lowest BCUT2D eigenvalue weighted by atomic mass is 9.96. The first-order valence-corrected chi connectivity index (χ1v) is 6.28. The molecule has 6 heteroatoms. The number of rotatable bonds is 4. The number of benzene rings is 1. The van der Waals surface area contributed by atoms with Crippen LogP contribution < -0.4 is 11.1 Å². The fourth-order valence-electron chi connectivity index (χ4n) is 1.60. The van der Waals surface area contributed by atoms with E-state index in [0.29, 0.717) is 17.0 Å². The molecule has 0 fully saturated rings. The van der Waals surface area contributed by atoms with Gasteiger partial charge in [0.25, 0.3) is 5.91 Å². The monoisotopic (exact) mass is 283 g/mol. The highest BCUT2D eigenvalue weighted by Gasteiger charge is 2.30. The SMILES string of the molecule is CCC(C)(NC(=O)c1cc(Cl)ccc1C)/C(N)=N/O. The van der Waals surface area contributed by atoms with E-state index in [4.69, 9.17) is 22.5 Å². The van der Waals surface area contributed by atoms with Crippen molar-refractivity contribution in [1.82, 2.24) is 5.32 Å². The second-order valence-corrected chi connectivity index (χ2v) is 5.02. The fraction of sp³-hybridized carbons (Fsp3) is 0.385. The fourth-order valence-corrected chi connectivity index (χ4v) is 1.77. The smallest absolute Gasteiger partial charge is 0.252 e. The molecule has 5 nitrogen and oxygen atoms in total. The average Bonchev–Trinajstić information content (AvgIpc) is 2.40. The van der Waals surface area contributed by atoms with Gasteiger partial charge in [0.2, 0.25) is 0 Å². The number of oxime groups is 1. The maximum absolute atomic E-state index is 12.3. The average molecular weight is 284 g/mol. The van der Waals surface area contributed by atoms with Crippen LogP contribution in [0.25, 0.3) is 0 Å². The van der Waals surface area contributed by atoms with E-state index in [-0.39, 0.29) is 11.7 Å². The normalized spacial score (nSPS) is 14.8. The molecule has 1 rings (SSSR count). The van der Waals surface area contributed by atoms with Crippen LogP contribution in [0.3, 0.4) is 0 Å². The van der Waals surface area contributed by atoms with Crippen LogP contribution in [0.1, 0.15) is 36.2 Å². The van der Waals surface area contributed by atoms with Crippen LogP contribution in [0.4, 0.5) is 0 Å². The van der Waals surface area contributed by atoms with Gasteiger partial charge in [-0.3, -0.25) is 4.79 Å². The Morgan fingerprint density at radius 3 is 2.74 bits per heavy atom. The van der Waals surface area contributed by atoms with Gasteiger partial charge in [0.05, 0.1) is 5.54 Å². The summed E-state index contributed by atoms with van der Waals surface area (Å²) in [5, 5.41) is 15.0. The van der Waals surface area contributed by atoms with Crippen LogP contribution in [0.15, 0.2) is 23.4 Å². The van der Waals surface area contributed by atoms with Gasteiger partial charge in [-0.1, -0.05) is 29.7 Å². The minimum atomic E-state index is -0.902. The largest absolute Gasteiger partial charge is 0.409 e. The lowest BCUT2D eigenvalue weighted by Crippen LogP contribution is -2.55. The summed E-state index contributed by atoms with van der Waals surface area (Å²) in [4.78, 5) is 12.3. The summed E-state index contributed by atoms with van der Waals surface area (Å²) in [6.45, 7) is 5.35. The summed E-state index contributed by atoms with van der Waals surface area (Å²) in [6.07, 6.45) is 0.494. The zero-order chi connectivity index (χ0) is 14.6. The third kappa shape index (κ3) is 3.38. The van der Waals surface area contributed by atoms with Crippen molar-refractivity contribution in [3.63, 3.8) is 0 Å². The Bertz CT molecular complexity index is 517. The molecule has 0 saturated carbocycles. The summed E-state index contributed by atoms with van der Waals surface area (Å²) in [5.74, 6) is -0.348. The number of hydrogen-bond donors (Lipinski definition) is 3. The van der Waals surface area contributed by atoms with Crippen molar-refractivity contribution in [3.8, 4) is 0 Å². The first kappa shape index (κ1) is 15.3. The van der Waals surface area contributed by atoms with Gasteiger partial charge in [0.1, 0.15) is 0 Å². The van der Waals surface area contributed by atoms with Gasteiger partial charge in [-0.15, -0.1) is 0 Å². The molecule has 0 radical (unpaired) electrons. The maximum atomic E-state index is 12.3. The highest BCUT2D eigenvalue weighted by molar-refractivity contribution is 6.31. The number of carbonyl (C=O) groups excluding carboxylic acids is 1. The van der Waals surface area contributed by atoms with Crippen LogP contribution in [0.2, 0.25) is 5.02 Å². The molecule has 0 bridgehead atoms. The molecule has 1 unspecified atom stereocenters. The van der Waals surface area contributed by atoms with E-state index in [1.807, 2.05) is 13.8 Å². The quantitative estimate of drug-likeness (QED) is 0.343. The van der Waals surface area contributed by atoms with Gasteiger partial charge in [-0.2, -0.15) is 0 Å². The Morgan fingerprint density at radius 1 is 1.58 bits per heavy atom. The highest BCUT2D eigenvalue weighted by atomic mass is 35.5. The van der Waals surface area contributed by atoms with Crippen molar-refractivity contribution in [2.24, 2.45) is 10.9 Å². The number of nitrogens with one attached hydrogen (secondary N) is 1. The lowest BCUT2D eigenvalue weighted by molar-refractivity contribution is 0.0924. The van der Waals surface area contributed by atoms with Gasteiger partial charge in [-0.25, -0.2) is 0 Å². The molecule has 0 aliphatic heterocycles. The molecule has 0 aromatic heterocycles. The predicted molar refractivity (Wildman–Crippen MR) is 75.8 cm³/mol. The van der Waals surface area contributed by atoms with E-state index in [9.17, 15) is 4.79 Å². The zero-order valence-electron chi connectivity index (χ0n) is 11.2. The number of nitrogens with two attached hydrogens (primary N) is 1. The second kappa shape index (κ2) is 5.93. The maximum Gasteiger partial charge on any atom is 0.252 e. The van der Waals surface area contributed by atoms with Gasteiger partial charge in [0, 0.05) is 10.6 Å². The molecular weight excluding hydrogens is 266 g/mol. The van der Waals surface area contributed by atoms with Gasteiger partial charge < -0.3 is 16.3 Å². The van der Waals surface area contributed by atoms with E-state index in [1.165, 1.54) is 0 Å². The van der Waals surface area contributed by atoms with Crippen LogP contribution in [-0.2, 0) is 0 Å². The number of carbonyl (C=O) groups is 1. The molecule has 1 atom stereocenters. The minimum absolute atomic E-state index is 0.0389. The molecule has 1 amide bonds. The number of nitrogens with zero attached hydrogens (tertiary/aromatic N) is 1. The number of aryl methyl sites for hydroxylation is 1. The third-order valence-electron chi connectivity index (χ3n) is 3.21.